The molecule has 336 valence electrons. The second-order valence-electron chi connectivity index (χ2n) is 15.4. The number of hydrogen-bond acceptors (Lipinski definition) is 11. The largest absolute Gasteiger partial charge is 0.462 e. The molecule has 4 N–H and O–H groups in total. The van der Waals surface area contributed by atoms with Crippen LogP contribution in [0.3, 0.4) is 0 Å². The highest BCUT2D eigenvalue weighted by Gasteiger charge is 2.46. The van der Waals surface area contributed by atoms with Gasteiger partial charge in [0.1, 0.15) is 36.8 Å². The Morgan fingerprint density at radius 2 is 1.05 bits per heavy atom. The third-order valence-corrected chi connectivity index (χ3v) is 10.6. The molecule has 1 heterocycles. The van der Waals surface area contributed by atoms with Crippen LogP contribution in [0.5, 0.6) is 0 Å². The van der Waals surface area contributed by atoms with Crippen LogP contribution in [0.2, 0.25) is 0 Å². The van der Waals surface area contributed by atoms with E-state index in [1.54, 1.807) is 0 Å². The van der Waals surface area contributed by atoms with E-state index in [1.807, 2.05) is 0 Å². The lowest BCUT2D eigenvalue weighted by Gasteiger charge is -2.40. The molecular weight excluding hydrogens is 765 g/mol. The van der Waals surface area contributed by atoms with Gasteiger partial charge in [0.2, 0.25) is 0 Å². The van der Waals surface area contributed by atoms with Crippen molar-refractivity contribution in [1.29, 1.82) is 0 Å². The molecular formula is C45H78O12S. The summed E-state index contributed by atoms with van der Waals surface area (Å²) in [4.78, 5) is 25.3. The maximum atomic E-state index is 12.8. The first-order valence-electron chi connectivity index (χ1n) is 22.2. The summed E-state index contributed by atoms with van der Waals surface area (Å²) in [5.74, 6) is -2.02. The van der Waals surface area contributed by atoms with Crippen molar-refractivity contribution in [1.82, 2.24) is 0 Å². The predicted molar refractivity (Wildman–Crippen MR) is 229 cm³/mol. The highest BCUT2D eigenvalue weighted by atomic mass is 32.2. The zero-order chi connectivity index (χ0) is 42.7. The van der Waals surface area contributed by atoms with Gasteiger partial charge in [0.25, 0.3) is 10.1 Å². The molecule has 0 aromatic carbocycles. The molecule has 12 nitrogen and oxygen atoms in total. The minimum absolute atomic E-state index is 0.147. The molecule has 0 radical (unpaired) electrons. The maximum Gasteiger partial charge on any atom is 0.306 e. The topological polar surface area (TPSA) is 186 Å². The van der Waals surface area contributed by atoms with Crippen molar-refractivity contribution in [3.63, 3.8) is 0 Å². The normalized spacial score (nSPS) is 20.8. The maximum absolute atomic E-state index is 12.8. The quantitative estimate of drug-likeness (QED) is 0.0204. The van der Waals surface area contributed by atoms with Gasteiger partial charge >= 0.3 is 11.9 Å². The van der Waals surface area contributed by atoms with Crippen molar-refractivity contribution in [2.24, 2.45) is 0 Å². The molecule has 0 aromatic rings. The van der Waals surface area contributed by atoms with Gasteiger partial charge in [0, 0.05) is 12.8 Å². The lowest BCUT2D eigenvalue weighted by Crippen LogP contribution is -2.60. The van der Waals surface area contributed by atoms with Gasteiger partial charge < -0.3 is 34.3 Å². The van der Waals surface area contributed by atoms with E-state index in [2.05, 4.69) is 62.5 Å². The number of allylic oxidation sites excluding steroid dienone is 8. The zero-order valence-electron chi connectivity index (χ0n) is 35.6. The van der Waals surface area contributed by atoms with E-state index < -0.39 is 71.2 Å². The van der Waals surface area contributed by atoms with Gasteiger partial charge in [-0.05, 0) is 70.6 Å². The molecule has 6 atom stereocenters. The molecule has 1 saturated heterocycles. The van der Waals surface area contributed by atoms with Crippen LogP contribution in [-0.2, 0) is 38.7 Å². The number of carbonyl (C=O) groups excluding carboxylic acids is 2. The summed E-state index contributed by atoms with van der Waals surface area (Å²) in [6.45, 7) is 3.66. The number of carbonyl (C=O) groups is 2. The van der Waals surface area contributed by atoms with E-state index >= 15 is 0 Å². The van der Waals surface area contributed by atoms with Crippen molar-refractivity contribution in [2.45, 2.75) is 205 Å². The monoisotopic (exact) mass is 843 g/mol. The number of esters is 2. The first-order valence-corrected chi connectivity index (χ1v) is 23.8. The summed E-state index contributed by atoms with van der Waals surface area (Å²) in [7, 11) is -4.60. The SMILES string of the molecule is CCCC/C=C\CCCCCCCC(=O)OCC(COC1OC(CS(=O)(=O)O)C(O)C(O)C1O)OC(=O)CCCCCCCC/C=C\C/C=C\C/C=C\CCCCC. The summed E-state index contributed by atoms with van der Waals surface area (Å²) >= 11 is 0. The predicted octanol–water partition coefficient (Wildman–Crippen LogP) is 8.78. The lowest BCUT2D eigenvalue weighted by atomic mass is 10.00. The average molecular weight is 843 g/mol. The van der Waals surface area contributed by atoms with Gasteiger partial charge in [-0.3, -0.25) is 14.1 Å². The second-order valence-corrected chi connectivity index (χ2v) is 16.9. The molecule has 0 aliphatic carbocycles. The van der Waals surface area contributed by atoms with Gasteiger partial charge in [0.05, 0.1) is 6.61 Å². The summed E-state index contributed by atoms with van der Waals surface area (Å²) in [5.41, 5.74) is 0. The van der Waals surface area contributed by atoms with Crippen LogP contribution >= 0.6 is 0 Å². The average Bonchev–Trinajstić information content (AvgIpc) is 3.18. The van der Waals surface area contributed by atoms with Crippen molar-refractivity contribution in [3.05, 3.63) is 48.6 Å². The summed E-state index contributed by atoms with van der Waals surface area (Å²) in [5, 5.41) is 30.8. The number of ether oxygens (including phenoxy) is 4. The van der Waals surface area contributed by atoms with Crippen molar-refractivity contribution < 1.29 is 56.8 Å². The standard InChI is InChI=1S/C45H78O12S/c1-3-5-7-9-11-13-15-16-17-18-19-20-21-22-24-26-28-30-32-34-41(47)56-38(35-54-40(46)33-31-29-27-25-23-14-12-10-8-6-4-2)36-55-45-44(50)43(49)42(48)39(57-45)37-58(51,52)53/h10-13,16-17,19-20,38-39,42-45,48-50H,3-9,14-15,18,21-37H2,1-2H3,(H,51,52,53)/b12-10-,13-11-,17-16-,20-19-. The lowest BCUT2D eigenvalue weighted by molar-refractivity contribution is -0.297. The van der Waals surface area contributed by atoms with Gasteiger partial charge in [-0.1, -0.05) is 133 Å². The number of hydrogen-bond donors (Lipinski definition) is 4. The van der Waals surface area contributed by atoms with Gasteiger partial charge in [-0.2, -0.15) is 8.42 Å². The van der Waals surface area contributed by atoms with Crippen LogP contribution in [-0.4, -0.2) is 96.0 Å². The van der Waals surface area contributed by atoms with Crippen LogP contribution in [0.1, 0.15) is 168 Å². The van der Waals surface area contributed by atoms with Gasteiger partial charge in [-0.25, -0.2) is 0 Å². The molecule has 1 aliphatic heterocycles. The molecule has 1 aliphatic rings. The highest BCUT2D eigenvalue weighted by Crippen LogP contribution is 2.24. The molecule has 6 unspecified atom stereocenters. The fraction of sp³-hybridized carbons (Fsp3) is 0.778. The Morgan fingerprint density at radius 1 is 0.586 bits per heavy atom. The summed E-state index contributed by atoms with van der Waals surface area (Å²) in [6.07, 6.45) is 31.6. The molecule has 13 heteroatoms. The van der Waals surface area contributed by atoms with Crippen molar-refractivity contribution in [3.8, 4) is 0 Å². The first-order chi connectivity index (χ1) is 28.0. The van der Waals surface area contributed by atoms with Crippen LogP contribution in [0.4, 0.5) is 0 Å². The van der Waals surface area contributed by atoms with E-state index in [0.29, 0.717) is 12.8 Å². The molecule has 0 aromatic heterocycles. The van der Waals surface area contributed by atoms with E-state index in [-0.39, 0.29) is 19.4 Å². The Kier molecular flexibility index (Phi) is 32.7. The number of aliphatic hydroxyl groups excluding tert-OH is 3. The summed E-state index contributed by atoms with van der Waals surface area (Å²) in [6, 6.07) is 0. The van der Waals surface area contributed by atoms with E-state index in [1.165, 1.54) is 38.5 Å². The Bertz CT molecular complexity index is 1260. The van der Waals surface area contributed by atoms with E-state index in [0.717, 1.165) is 89.9 Å². The van der Waals surface area contributed by atoms with Crippen molar-refractivity contribution >= 4 is 22.1 Å². The Hall–Kier alpha value is -2.39. The van der Waals surface area contributed by atoms with E-state index in [9.17, 15) is 37.9 Å². The fourth-order valence-corrected chi connectivity index (χ4v) is 7.06. The number of rotatable bonds is 36. The highest BCUT2D eigenvalue weighted by molar-refractivity contribution is 7.85. The van der Waals surface area contributed by atoms with Crippen LogP contribution in [0, 0.1) is 0 Å². The molecule has 58 heavy (non-hydrogen) atoms. The van der Waals surface area contributed by atoms with Gasteiger partial charge in [0.15, 0.2) is 12.4 Å². The Balaban J connectivity index is 2.46. The van der Waals surface area contributed by atoms with Crippen LogP contribution in [0.25, 0.3) is 0 Å². The van der Waals surface area contributed by atoms with Crippen LogP contribution in [0.15, 0.2) is 48.6 Å². The fourth-order valence-electron chi connectivity index (χ4n) is 6.37. The molecule has 0 saturated carbocycles. The second kappa shape index (κ2) is 35.4. The van der Waals surface area contributed by atoms with E-state index in [4.69, 9.17) is 18.9 Å². The summed E-state index contributed by atoms with van der Waals surface area (Å²) < 4.78 is 54.0. The van der Waals surface area contributed by atoms with Crippen LogP contribution < -0.4 is 0 Å². The molecule has 0 amide bonds. The third-order valence-electron chi connectivity index (χ3n) is 9.88. The zero-order valence-corrected chi connectivity index (χ0v) is 36.5. The molecule has 0 bridgehead atoms. The smallest absolute Gasteiger partial charge is 0.306 e. The van der Waals surface area contributed by atoms with Crippen molar-refractivity contribution in [2.75, 3.05) is 19.0 Å². The molecule has 1 fully saturated rings. The number of aliphatic hydroxyl groups is 3. The minimum Gasteiger partial charge on any atom is -0.462 e. The molecule has 1 rings (SSSR count). The third kappa shape index (κ3) is 29.8. The Labute approximate surface area is 350 Å². The van der Waals surface area contributed by atoms with Gasteiger partial charge in [-0.15, -0.1) is 0 Å². The Morgan fingerprint density at radius 3 is 1.60 bits per heavy atom. The molecule has 0 spiro atoms. The first kappa shape index (κ1) is 53.6. The number of unbranched alkanes of at least 4 members (excludes halogenated alkanes) is 16. The minimum atomic E-state index is -4.60.